The first kappa shape index (κ1) is 13.5. The standard InChI is InChI=1S/C13H11N3O4S/c17-11(18)7(12(19)20)6-15-8-2-1-3-9-10(8)21-13-14-4-5-16(9)13/h1-3,6,15H,4-5H2,(H,17,18)(H,19,20). The molecule has 0 spiro atoms. The maximum absolute atomic E-state index is 10.8. The predicted octanol–water partition coefficient (Wildman–Crippen LogP) is 1.43. The molecule has 108 valence electrons. The van der Waals surface area contributed by atoms with Crippen LogP contribution in [0.1, 0.15) is 0 Å². The second-order valence-corrected chi connectivity index (χ2v) is 5.36. The monoisotopic (exact) mass is 305 g/mol. The van der Waals surface area contributed by atoms with Crippen LogP contribution < -0.4 is 10.2 Å². The lowest BCUT2D eigenvalue weighted by atomic mass is 10.2. The molecule has 1 aromatic rings. The van der Waals surface area contributed by atoms with E-state index in [2.05, 4.69) is 15.2 Å². The summed E-state index contributed by atoms with van der Waals surface area (Å²) in [6.45, 7) is 1.59. The van der Waals surface area contributed by atoms with Crippen LogP contribution in [0, 0.1) is 0 Å². The number of nitrogens with zero attached hydrogens (tertiary/aromatic N) is 2. The molecule has 0 atom stereocenters. The number of carbonyl (C=O) groups is 2. The predicted molar refractivity (Wildman–Crippen MR) is 78.9 cm³/mol. The number of aliphatic imine (C=N–C) groups is 1. The zero-order chi connectivity index (χ0) is 15.0. The Bertz CT molecular complexity index is 683. The molecule has 7 nitrogen and oxygen atoms in total. The van der Waals surface area contributed by atoms with E-state index in [1.54, 1.807) is 6.07 Å². The highest BCUT2D eigenvalue weighted by molar-refractivity contribution is 8.15. The summed E-state index contributed by atoms with van der Waals surface area (Å²) in [6.07, 6.45) is 0.992. The average Bonchev–Trinajstić information content (AvgIpc) is 2.99. The van der Waals surface area contributed by atoms with Gasteiger partial charge in [0.1, 0.15) is 0 Å². The van der Waals surface area contributed by atoms with Crippen LogP contribution >= 0.6 is 11.8 Å². The number of aliphatic carboxylic acids is 2. The molecule has 0 aromatic heterocycles. The molecule has 2 heterocycles. The molecule has 0 saturated heterocycles. The van der Waals surface area contributed by atoms with Gasteiger partial charge < -0.3 is 20.4 Å². The molecule has 2 aliphatic rings. The minimum absolute atomic E-state index is 0.662. The molecule has 0 radical (unpaired) electrons. The minimum atomic E-state index is -1.49. The summed E-state index contributed by atoms with van der Waals surface area (Å²) in [6, 6.07) is 5.56. The number of hydrogen-bond acceptors (Lipinski definition) is 6. The lowest BCUT2D eigenvalue weighted by Crippen LogP contribution is -2.20. The number of carboxylic acids is 2. The summed E-state index contributed by atoms with van der Waals surface area (Å²) >= 11 is 1.49. The van der Waals surface area contributed by atoms with Crippen molar-refractivity contribution in [2.75, 3.05) is 23.3 Å². The minimum Gasteiger partial charge on any atom is -0.477 e. The fourth-order valence-corrected chi connectivity index (χ4v) is 3.31. The smallest absolute Gasteiger partial charge is 0.344 e. The van der Waals surface area contributed by atoms with Crippen molar-refractivity contribution in [2.45, 2.75) is 4.90 Å². The Morgan fingerprint density at radius 3 is 2.81 bits per heavy atom. The highest BCUT2D eigenvalue weighted by atomic mass is 32.2. The molecular formula is C13H11N3O4S. The average molecular weight is 305 g/mol. The van der Waals surface area contributed by atoms with Crippen LogP contribution in [0.3, 0.4) is 0 Å². The summed E-state index contributed by atoms with van der Waals surface area (Å²) in [5.74, 6) is -2.97. The fourth-order valence-electron chi connectivity index (χ4n) is 2.15. The van der Waals surface area contributed by atoms with Gasteiger partial charge in [-0.25, -0.2) is 9.59 Å². The van der Waals surface area contributed by atoms with Crippen molar-refractivity contribution in [2.24, 2.45) is 4.99 Å². The molecule has 0 saturated carbocycles. The third-order valence-corrected chi connectivity index (χ3v) is 4.28. The Morgan fingerprint density at radius 1 is 1.33 bits per heavy atom. The van der Waals surface area contributed by atoms with E-state index < -0.39 is 17.5 Å². The summed E-state index contributed by atoms with van der Waals surface area (Å²) < 4.78 is 0. The maximum Gasteiger partial charge on any atom is 0.344 e. The Labute approximate surface area is 124 Å². The molecule has 21 heavy (non-hydrogen) atoms. The molecule has 0 aliphatic carbocycles. The first-order valence-electron chi connectivity index (χ1n) is 6.14. The lowest BCUT2D eigenvalue weighted by Gasteiger charge is -2.13. The number of carboxylic acid groups (broad SMARTS) is 2. The second kappa shape index (κ2) is 5.13. The highest BCUT2D eigenvalue weighted by Crippen LogP contribution is 2.46. The van der Waals surface area contributed by atoms with Crippen LogP contribution in [0.5, 0.6) is 0 Å². The number of benzene rings is 1. The van der Waals surface area contributed by atoms with Crippen LogP contribution in [0.4, 0.5) is 11.4 Å². The van der Waals surface area contributed by atoms with Gasteiger partial charge in [0, 0.05) is 12.7 Å². The molecule has 0 unspecified atom stereocenters. The molecule has 0 amide bonds. The van der Waals surface area contributed by atoms with Crippen LogP contribution in [-0.4, -0.2) is 40.4 Å². The van der Waals surface area contributed by atoms with Crippen LogP contribution in [0.15, 0.2) is 39.9 Å². The van der Waals surface area contributed by atoms with Gasteiger partial charge in [0.05, 0.1) is 22.8 Å². The van der Waals surface area contributed by atoms with Crippen molar-refractivity contribution in [3.05, 3.63) is 30.0 Å². The van der Waals surface area contributed by atoms with E-state index >= 15 is 0 Å². The lowest BCUT2D eigenvalue weighted by molar-refractivity contribution is -0.140. The Balaban J connectivity index is 1.91. The van der Waals surface area contributed by atoms with Crippen LogP contribution in [-0.2, 0) is 9.59 Å². The summed E-state index contributed by atoms with van der Waals surface area (Å²) in [4.78, 5) is 29.1. The van der Waals surface area contributed by atoms with E-state index in [-0.39, 0.29) is 0 Å². The number of anilines is 2. The Kier molecular flexibility index (Phi) is 3.30. The quantitative estimate of drug-likeness (QED) is 0.439. The number of thioether (sulfide) groups is 1. The van der Waals surface area contributed by atoms with Crippen molar-refractivity contribution in [3.63, 3.8) is 0 Å². The van der Waals surface area contributed by atoms with Crippen LogP contribution in [0.2, 0.25) is 0 Å². The molecule has 0 fully saturated rings. The second-order valence-electron chi connectivity index (χ2n) is 4.38. The number of hydrogen-bond donors (Lipinski definition) is 3. The van der Waals surface area contributed by atoms with Gasteiger partial charge in [0.15, 0.2) is 10.7 Å². The summed E-state index contributed by atoms with van der Waals surface area (Å²) in [7, 11) is 0. The third-order valence-electron chi connectivity index (χ3n) is 3.11. The topological polar surface area (TPSA) is 102 Å². The molecular weight excluding hydrogens is 294 g/mol. The first-order chi connectivity index (χ1) is 10.1. The van der Waals surface area contributed by atoms with Crippen molar-refractivity contribution < 1.29 is 19.8 Å². The SMILES string of the molecule is O=C(O)C(=CNc1cccc2c1SC1=NCCN12)C(=O)O. The van der Waals surface area contributed by atoms with Gasteiger partial charge in [-0.3, -0.25) is 4.99 Å². The van der Waals surface area contributed by atoms with Gasteiger partial charge in [-0.1, -0.05) is 6.07 Å². The third kappa shape index (κ3) is 2.33. The number of nitrogens with one attached hydrogen (secondary N) is 1. The van der Waals surface area contributed by atoms with Crippen molar-refractivity contribution in [1.82, 2.24) is 0 Å². The zero-order valence-corrected chi connectivity index (χ0v) is 11.6. The zero-order valence-electron chi connectivity index (χ0n) is 10.7. The van der Waals surface area contributed by atoms with Gasteiger partial charge >= 0.3 is 11.9 Å². The number of rotatable bonds is 4. The van der Waals surface area contributed by atoms with E-state index in [4.69, 9.17) is 10.2 Å². The van der Waals surface area contributed by atoms with Crippen LogP contribution in [0.25, 0.3) is 0 Å². The molecule has 0 bridgehead atoms. The Morgan fingerprint density at radius 2 is 2.10 bits per heavy atom. The van der Waals surface area contributed by atoms with E-state index in [1.165, 1.54) is 11.8 Å². The molecule has 3 rings (SSSR count). The summed E-state index contributed by atoms with van der Waals surface area (Å²) in [5.41, 5.74) is 0.949. The van der Waals surface area contributed by atoms with Gasteiger partial charge in [0.2, 0.25) is 0 Å². The van der Waals surface area contributed by atoms with Crippen molar-refractivity contribution in [3.8, 4) is 0 Å². The molecule has 3 N–H and O–H groups in total. The van der Waals surface area contributed by atoms with E-state index in [1.807, 2.05) is 12.1 Å². The summed E-state index contributed by atoms with van der Waals surface area (Å²) in [5, 5.41) is 21.3. The fraction of sp³-hybridized carbons (Fsp3) is 0.154. The number of amidine groups is 1. The highest BCUT2D eigenvalue weighted by Gasteiger charge is 2.31. The Hall–Kier alpha value is -2.48. The van der Waals surface area contributed by atoms with Crippen molar-refractivity contribution >= 4 is 40.2 Å². The van der Waals surface area contributed by atoms with E-state index in [9.17, 15) is 9.59 Å². The number of fused-ring (bicyclic) bond motifs is 3. The van der Waals surface area contributed by atoms with E-state index in [0.717, 1.165) is 35.0 Å². The molecule has 2 aliphatic heterocycles. The first-order valence-corrected chi connectivity index (χ1v) is 6.95. The van der Waals surface area contributed by atoms with Gasteiger partial charge in [0.25, 0.3) is 0 Å². The molecule has 1 aromatic carbocycles. The van der Waals surface area contributed by atoms with E-state index in [0.29, 0.717) is 5.69 Å². The largest absolute Gasteiger partial charge is 0.477 e. The maximum atomic E-state index is 10.8. The normalized spacial score (nSPS) is 15.0. The van der Waals surface area contributed by atoms with Gasteiger partial charge in [-0.15, -0.1) is 0 Å². The molecule has 8 heteroatoms. The van der Waals surface area contributed by atoms with Gasteiger partial charge in [-0.2, -0.15) is 0 Å². The van der Waals surface area contributed by atoms with Crippen molar-refractivity contribution in [1.29, 1.82) is 0 Å². The van der Waals surface area contributed by atoms with Gasteiger partial charge in [-0.05, 0) is 23.9 Å².